The molecule has 0 saturated carbocycles. The second kappa shape index (κ2) is 8.38. The number of rotatable bonds is 6. The highest BCUT2D eigenvalue weighted by Crippen LogP contribution is 2.31. The van der Waals surface area contributed by atoms with Gasteiger partial charge in [0.1, 0.15) is 18.4 Å². The van der Waals surface area contributed by atoms with Crippen LogP contribution in [0.15, 0.2) is 53.0 Å². The van der Waals surface area contributed by atoms with Gasteiger partial charge in [-0.3, -0.25) is 0 Å². The zero-order chi connectivity index (χ0) is 19.2. The first-order valence-corrected chi connectivity index (χ1v) is 9.15. The van der Waals surface area contributed by atoms with Crippen molar-refractivity contribution in [3.8, 4) is 11.8 Å². The second-order valence-corrected chi connectivity index (χ2v) is 6.54. The van der Waals surface area contributed by atoms with Gasteiger partial charge in [0.2, 0.25) is 0 Å². The van der Waals surface area contributed by atoms with Crippen LogP contribution in [-0.2, 0) is 9.53 Å². The van der Waals surface area contributed by atoms with Gasteiger partial charge in [-0.05, 0) is 30.5 Å². The Morgan fingerprint density at radius 1 is 1.30 bits per heavy atom. The van der Waals surface area contributed by atoms with Gasteiger partial charge in [-0.2, -0.15) is 5.26 Å². The number of nitrogens with zero attached hydrogens (tertiary/aromatic N) is 1. The summed E-state index contributed by atoms with van der Waals surface area (Å²) in [5.41, 5.74) is 0.961. The summed E-state index contributed by atoms with van der Waals surface area (Å²) >= 11 is 1.42. The summed E-state index contributed by atoms with van der Waals surface area (Å²) in [6.45, 7) is 1.84. The van der Waals surface area contributed by atoms with Crippen LogP contribution < -0.4 is 15.4 Å². The van der Waals surface area contributed by atoms with Crippen molar-refractivity contribution >= 4 is 23.3 Å². The lowest BCUT2D eigenvalue weighted by atomic mass is 10.0. The summed E-state index contributed by atoms with van der Waals surface area (Å²) < 4.78 is 10.9. The van der Waals surface area contributed by atoms with Gasteiger partial charge in [0.15, 0.2) is 0 Å². The average Bonchev–Trinajstić information content (AvgIpc) is 3.21. The van der Waals surface area contributed by atoms with Crippen molar-refractivity contribution in [1.29, 1.82) is 5.26 Å². The van der Waals surface area contributed by atoms with E-state index < -0.39 is 18.0 Å². The van der Waals surface area contributed by atoms with Crippen molar-refractivity contribution in [2.24, 2.45) is 0 Å². The van der Waals surface area contributed by atoms with E-state index in [-0.39, 0.29) is 18.8 Å². The number of carbonyl (C=O) groups excluding carboxylic acids is 2. The van der Waals surface area contributed by atoms with Gasteiger partial charge in [0.25, 0.3) is 0 Å². The fourth-order valence-electron chi connectivity index (χ4n) is 2.69. The lowest BCUT2D eigenvalue weighted by molar-refractivity contribution is -0.139. The van der Waals surface area contributed by atoms with Gasteiger partial charge in [-0.25, -0.2) is 9.59 Å². The monoisotopic (exact) mass is 383 g/mol. The maximum atomic E-state index is 12.6. The molecule has 0 saturated heterocycles. The molecule has 138 valence electrons. The third kappa shape index (κ3) is 4.10. The van der Waals surface area contributed by atoms with E-state index in [1.54, 1.807) is 31.2 Å². The van der Waals surface area contributed by atoms with Gasteiger partial charge >= 0.3 is 12.0 Å². The predicted molar refractivity (Wildman–Crippen MR) is 99.0 cm³/mol. The van der Waals surface area contributed by atoms with Crippen molar-refractivity contribution in [2.75, 3.05) is 13.2 Å². The van der Waals surface area contributed by atoms with Crippen molar-refractivity contribution in [1.82, 2.24) is 10.6 Å². The maximum Gasteiger partial charge on any atom is 0.338 e. The first kappa shape index (κ1) is 18.5. The Balaban J connectivity index is 1.95. The normalized spacial score (nSPS) is 16.1. The van der Waals surface area contributed by atoms with Crippen LogP contribution >= 0.6 is 11.3 Å². The molecule has 0 unspecified atom stereocenters. The van der Waals surface area contributed by atoms with Crippen LogP contribution in [0.1, 0.15) is 23.4 Å². The number of ether oxygens (including phenoxy) is 2. The molecule has 27 heavy (non-hydrogen) atoms. The molecule has 0 aliphatic carbocycles. The van der Waals surface area contributed by atoms with Crippen molar-refractivity contribution in [3.63, 3.8) is 0 Å². The minimum atomic E-state index is -0.623. The molecule has 0 bridgehead atoms. The number of hydrogen-bond donors (Lipinski definition) is 2. The molecule has 1 aliphatic rings. The summed E-state index contributed by atoms with van der Waals surface area (Å²) in [7, 11) is 0. The zero-order valence-electron chi connectivity index (χ0n) is 14.5. The number of amides is 2. The maximum absolute atomic E-state index is 12.6. The SMILES string of the molecule is CCOC(=O)C1=C(COc2ccccc2C#N)NC(=O)N[C@H]1c1cccs1. The van der Waals surface area contributed by atoms with Crippen molar-refractivity contribution < 1.29 is 19.1 Å². The van der Waals surface area contributed by atoms with Crippen LogP contribution in [0, 0.1) is 11.3 Å². The average molecular weight is 383 g/mol. The number of para-hydroxylation sites is 1. The van der Waals surface area contributed by atoms with Gasteiger partial charge in [-0.15, -0.1) is 11.3 Å². The summed E-state index contributed by atoms with van der Waals surface area (Å²) in [5.74, 6) is -0.160. The molecule has 2 aromatic rings. The Morgan fingerprint density at radius 3 is 2.81 bits per heavy atom. The van der Waals surface area contributed by atoms with E-state index in [4.69, 9.17) is 9.47 Å². The number of urea groups is 1. The highest BCUT2D eigenvalue weighted by Gasteiger charge is 2.34. The molecule has 8 heteroatoms. The minimum absolute atomic E-state index is 0.0812. The predicted octanol–water partition coefficient (Wildman–Crippen LogP) is 2.87. The Bertz CT molecular complexity index is 915. The van der Waals surface area contributed by atoms with Gasteiger partial charge < -0.3 is 20.1 Å². The Labute approximate surface area is 160 Å². The van der Waals surface area contributed by atoms with E-state index in [2.05, 4.69) is 10.6 Å². The zero-order valence-corrected chi connectivity index (χ0v) is 15.3. The standard InChI is InChI=1S/C19H17N3O4S/c1-2-25-18(23)16-13(11-26-14-7-4-3-6-12(14)10-20)21-19(24)22-17(16)15-8-5-9-27-15/h3-9,17H,2,11H2,1H3,(H2,21,22,24)/t17-/m0/s1. The first-order chi connectivity index (χ1) is 13.1. The molecule has 1 aromatic heterocycles. The van der Waals surface area contributed by atoms with Crippen LogP contribution in [0.3, 0.4) is 0 Å². The van der Waals surface area contributed by atoms with E-state index in [1.165, 1.54) is 11.3 Å². The summed E-state index contributed by atoms with van der Waals surface area (Å²) in [4.78, 5) is 25.5. The molecule has 1 atom stereocenters. The number of nitrogens with one attached hydrogen (secondary N) is 2. The van der Waals surface area contributed by atoms with Gasteiger partial charge in [0.05, 0.1) is 29.5 Å². The van der Waals surface area contributed by atoms with E-state index in [1.807, 2.05) is 23.6 Å². The first-order valence-electron chi connectivity index (χ1n) is 8.27. The summed E-state index contributed by atoms with van der Waals surface area (Å²) in [6.07, 6.45) is 0. The van der Waals surface area contributed by atoms with Gasteiger partial charge in [-0.1, -0.05) is 18.2 Å². The largest absolute Gasteiger partial charge is 0.486 e. The molecule has 0 radical (unpaired) electrons. The molecule has 2 N–H and O–H groups in total. The summed E-state index contributed by atoms with van der Waals surface area (Å²) in [6, 6.07) is 11.4. The third-order valence-electron chi connectivity index (χ3n) is 3.86. The lowest BCUT2D eigenvalue weighted by Crippen LogP contribution is -2.47. The van der Waals surface area contributed by atoms with E-state index in [9.17, 15) is 14.9 Å². The second-order valence-electron chi connectivity index (χ2n) is 5.56. The fraction of sp³-hybridized carbons (Fsp3) is 0.211. The molecular formula is C19H17N3O4S. The van der Waals surface area contributed by atoms with Crippen LogP contribution in [0.5, 0.6) is 5.75 Å². The molecule has 2 amide bonds. The van der Waals surface area contributed by atoms with E-state index >= 15 is 0 Å². The van der Waals surface area contributed by atoms with Gasteiger partial charge in [0, 0.05) is 4.88 Å². The smallest absolute Gasteiger partial charge is 0.338 e. The number of nitriles is 1. The van der Waals surface area contributed by atoms with Crippen molar-refractivity contribution in [3.05, 3.63) is 63.5 Å². The number of carbonyl (C=O) groups is 2. The van der Waals surface area contributed by atoms with E-state index in [0.29, 0.717) is 17.0 Å². The number of hydrogen-bond acceptors (Lipinski definition) is 6. The quantitative estimate of drug-likeness (QED) is 0.747. The van der Waals surface area contributed by atoms with Crippen molar-refractivity contribution in [2.45, 2.75) is 13.0 Å². The topological polar surface area (TPSA) is 100 Å². The van der Waals surface area contributed by atoms with E-state index in [0.717, 1.165) is 4.88 Å². The van der Waals surface area contributed by atoms with Crippen LogP contribution in [0.25, 0.3) is 0 Å². The molecule has 1 aromatic carbocycles. The molecule has 3 rings (SSSR count). The Kier molecular flexibility index (Phi) is 5.74. The fourth-order valence-corrected chi connectivity index (χ4v) is 3.47. The Morgan fingerprint density at radius 2 is 2.11 bits per heavy atom. The molecular weight excluding hydrogens is 366 g/mol. The van der Waals surface area contributed by atoms with Crippen LogP contribution in [0.2, 0.25) is 0 Å². The number of benzene rings is 1. The highest BCUT2D eigenvalue weighted by atomic mass is 32.1. The number of thiophene rings is 1. The summed E-state index contributed by atoms with van der Waals surface area (Å²) in [5, 5.41) is 16.4. The number of esters is 1. The molecule has 0 spiro atoms. The van der Waals surface area contributed by atoms with Crippen LogP contribution in [-0.4, -0.2) is 25.2 Å². The third-order valence-corrected chi connectivity index (χ3v) is 4.79. The molecule has 7 nitrogen and oxygen atoms in total. The molecule has 1 aliphatic heterocycles. The molecule has 2 heterocycles. The molecule has 0 fully saturated rings. The highest BCUT2D eigenvalue weighted by molar-refractivity contribution is 7.10. The minimum Gasteiger partial charge on any atom is -0.486 e. The lowest BCUT2D eigenvalue weighted by Gasteiger charge is -2.28. The Hall–Kier alpha value is -3.31. The van der Waals surface area contributed by atoms with Crippen LogP contribution in [0.4, 0.5) is 4.79 Å².